The van der Waals surface area contributed by atoms with Crippen LogP contribution in [0.5, 0.6) is 0 Å². The van der Waals surface area contributed by atoms with Gasteiger partial charge in [0.25, 0.3) is 0 Å². The maximum absolute atomic E-state index is 10.6. The van der Waals surface area contributed by atoms with E-state index in [2.05, 4.69) is 32.8 Å². The average Bonchev–Trinajstić information content (AvgIpc) is 2.47. The summed E-state index contributed by atoms with van der Waals surface area (Å²) in [7, 11) is 0. The molecule has 8 nitrogen and oxygen atoms in total. The Hall–Kier alpha value is -2.09. The molecular formula is C13H24N6O2. The summed E-state index contributed by atoms with van der Waals surface area (Å²) in [5.41, 5.74) is 5.00. The van der Waals surface area contributed by atoms with Gasteiger partial charge in [0.1, 0.15) is 18.2 Å². The third-order valence-corrected chi connectivity index (χ3v) is 2.49. The third-order valence-electron chi connectivity index (χ3n) is 2.49. The molecule has 0 radical (unpaired) electrons. The quantitative estimate of drug-likeness (QED) is 0.477. The van der Waals surface area contributed by atoms with E-state index >= 15 is 0 Å². The van der Waals surface area contributed by atoms with Crippen LogP contribution in [0, 0.1) is 0 Å². The van der Waals surface area contributed by atoms with E-state index in [0.29, 0.717) is 37.9 Å². The highest BCUT2D eigenvalue weighted by molar-refractivity contribution is 5.71. The van der Waals surface area contributed by atoms with E-state index in [1.54, 1.807) is 0 Å². The van der Waals surface area contributed by atoms with E-state index in [-0.39, 0.29) is 0 Å². The Bertz CT molecular complexity index is 414. The molecular weight excluding hydrogens is 272 g/mol. The molecule has 0 atom stereocenters. The van der Waals surface area contributed by atoms with Crippen LogP contribution in [0.15, 0.2) is 6.07 Å². The molecule has 0 saturated carbocycles. The van der Waals surface area contributed by atoms with Crippen molar-refractivity contribution in [2.24, 2.45) is 5.73 Å². The number of carbonyl (C=O) groups is 1. The Balaban J connectivity index is 2.63. The maximum atomic E-state index is 10.6. The highest BCUT2D eigenvalue weighted by atomic mass is 16.5. The molecule has 0 aliphatic carbocycles. The summed E-state index contributed by atoms with van der Waals surface area (Å²) in [6.45, 7) is 6.79. The van der Waals surface area contributed by atoms with Crippen molar-refractivity contribution < 1.29 is 9.53 Å². The average molecular weight is 296 g/mol. The summed E-state index contributed by atoms with van der Waals surface area (Å²) in [4.78, 5) is 19.3. The molecule has 1 rings (SSSR count). The van der Waals surface area contributed by atoms with Gasteiger partial charge in [-0.25, -0.2) is 14.8 Å². The summed E-state index contributed by atoms with van der Waals surface area (Å²) in [6.07, 6.45) is 1.01. The van der Waals surface area contributed by atoms with E-state index in [0.717, 1.165) is 18.8 Å². The molecule has 1 heterocycles. The van der Waals surface area contributed by atoms with Crippen LogP contribution >= 0.6 is 0 Å². The number of hydrogen-bond donors (Lipinski definition) is 4. The first-order valence-electron chi connectivity index (χ1n) is 7.12. The van der Waals surface area contributed by atoms with Gasteiger partial charge in [-0.2, -0.15) is 0 Å². The van der Waals surface area contributed by atoms with Crippen molar-refractivity contribution in [2.45, 2.75) is 26.9 Å². The number of amides is 2. The normalized spacial score (nSPS) is 10.2. The van der Waals surface area contributed by atoms with Gasteiger partial charge >= 0.3 is 6.03 Å². The van der Waals surface area contributed by atoms with Gasteiger partial charge in [-0.1, -0.05) is 6.92 Å². The Morgan fingerprint density at radius 3 is 2.43 bits per heavy atom. The van der Waals surface area contributed by atoms with E-state index in [1.165, 1.54) is 0 Å². The fraction of sp³-hybridized carbons (Fsp3) is 0.615. The lowest BCUT2D eigenvalue weighted by Gasteiger charge is -2.11. The Morgan fingerprint density at radius 1 is 1.19 bits per heavy atom. The number of nitrogens with zero attached hydrogens (tertiary/aromatic N) is 2. The van der Waals surface area contributed by atoms with Crippen LogP contribution in [0.2, 0.25) is 0 Å². The standard InChI is InChI=1S/C13H24N6O2/c1-3-5-15-10-8-11(16-6-7-17-13(14)20)19-12(18-10)9-21-4-2/h8H,3-7,9H2,1-2H3,(H3,14,17,20)(H2,15,16,18,19). The molecule has 5 N–H and O–H groups in total. The van der Waals surface area contributed by atoms with Crippen LogP contribution in [0.1, 0.15) is 26.1 Å². The van der Waals surface area contributed by atoms with Gasteiger partial charge in [0, 0.05) is 32.3 Å². The zero-order valence-electron chi connectivity index (χ0n) is 12.6. The van der Waals surface area contributed by atoms with Gasteiger partial charge < -0.3 is 26.4 Å². The number of urea groups is 1. The van der Waals surface area contributed by atoms with E-state index in [4.69, 9.17) is 10.5 Å². The lowest BCUT2D eigenvalue weighted by atomic mass is 10.4. The molecule has 0 aromatic carbocycles. The second kappa shape index (κ2) is 9.76. The van der Waals surface area contributed by atoms with Crippen LogP contribution in [-0.4, -0.2) is 42.2 Å². The first kappa shape index (κ1) is 17.0. The molecule has 21 heavy (non-hydrogen) atoms. The van der Waals surface area contributed by atoms with Crippen molar-refractivity contribution in [1.29, 1.82) is 0 Å². The number of hydrogen-bond acceptors (Lipinski definition) is 6. The lowest BCUT2D eigenvalue weighted by molar-refractivity contribution is 0.128. The Labute approximate surface area is 124 Å². The molecule has 0 bridgehead atoms. The van der Waals surface area contributed by atoms with Gasteiger partial charge in [0.05, 0.1) is 0 Å². The van der Waals surface area contributed by atoms with E-state index in [1.807, 2.05) is 13.0 Å². The topological polar surface area (TPSA) is 114 Å². The monoisotopic (exact) mass is 296 g/mol. The van der Waals surface area contributed by atoms with E-state index < -0.39 is 6.03 Å². The van der Waals surface area contributed by atoms with Gasteiger partial charge in [0.2, 0.25) is 0 Å². The zero-order chi connectivity index (χ0) is 15.5. The fourth-order valence-corrected chi connectivity index (χ4v) is 1.57. The summed E-state index contributed by atoms with van der Waals surface area (Å²) >= 11 is 0. The van der Waals surface area contributed by atoms with Gasteiger partial charge in [0.15, 0.2) is 5.82 Å². The van der Waals surface area contributed by atoms with Crippen molar-refractivity contribution in [3.63, 3.8) is 0 Å². The molecule has 0 unspecified atom stereocenters. The van der Waals surface area contributed by atoms with E-state index in [9.17, 15) is 4.79 Å². The van der Waals surface area contributed by atoms with Crippen molar-refractivity contribution in [1.82, 2.24) is 15.3 Å². The smallest absolute Gasteiger partial charge is 0.312 e. The second-order valence-electron chi connectivity index (χ2n) is 4.34. The molecule has 8 heteroatoms. The van der Waals surface area contributed by atoms with Crippen molar-refractivity contribution in [3.8, 4) is 0 Å². The number of primary amides is 1. The van der Waals surface area contributed by atoms with Crippen molar-refractivity contribution in [2.75, 3.05) is 36.9 Å². The van der Waals surface area contributed by atoms with Crippen molar-refractivity contribution >= 4 is 17.7 Å². The molecule has 0 saturated heterocycles. The predicted molar refractivity (Wildman–Crippen MR) is 82.2 cm³/mol. The number of nitrogens with two attached hydrogens (primary N) is 1. The molecule has 2 amide bonds. The number of ether oxygens (including phenoxy) is 1. The highest BCUT2D eigenvalue weighted by Crippen LogP contribution is 2.12. The molecule has 0 fully saturated rings. The second-order valence-corrected chi connectivity index (χ2v) is 4.34. The molecule has 0 aliphatic heterocycles. The van der Waals surface area contributed by atoms with Gasteiger partial charge in [-0.05, 0) is 13.3 Å². The highest BCUT2D eigenvalue weighted by Gasteiger charge is 2.04. The van der Waals surface area contributed by atoms with Gasteiger partial charge in [-0.15, -0.1) is 0 Å². The largest absolute Gasteiger partial charge is 0.374 e. The molecule has 1 aromatic rings. The predicted octanol–water partition coefficient (Wildman–Crippen LogP) is 0.915. The summed E-state index contributed by atoms with van der Waals surface area (Å²) in [6, 6.07) is 1.29. The SMILES string of the molecule is CCCNc1cc(NCCNC(N)=O)nc(COCC)n1. The minimum absolute atomic E-state index is 0.367. The molecule has 0 spiro atoms. The number of aromatic nitrogens is 2. The maximum Gasteiger partial charge on any atom is 0.312 e. The summed E-state index contributed by atoms with van der Waals surface area (Å²) in [5, 5.41) is 8.85. The molecule has 0 aliphatic rings. The van der Waals surface area contributed by atoms with Crippen LogP contribution in [0.3, 0.4) is 0 Å². The number of nitrogens with one attached hydrogen (secondary N) is 3. The lowest BCUT2D eigenvalue weighted by Crippen LogP contribution is -2.33. The number of anilines is 2. The molecule has 118 valence electrons. The number of carbonyl (C=O) groups excluding carboxylic acids is 1. The van der Waals surface area contributed by atoms with Gasteiger partial charge in [-0.3, -0.25) is 0 Å². The number of rotatable bonds is 10. The van der Waals surface area contributed by atoms with Crippen molar-refractivity contribution in [3.05, 3.63) is 11.9 Å². The summed E-state index contributed by atoms with van der Waals surface area (Å²) in [5.74, 6) is 2.06. The Kier molecular flexibility index (Phi) is 7.88. The minimum atomic E-state index is -0.540. The zero-order valence-corrected chi connectivity index (χ0v) is 12.6. The first-order chi connectivity index (χ1) is 10.2. The fourth-order valence-electron chi connectivity index (χ4n) is 1.57. The van der Waals surface area contributed by atoms with Crippen LogP contribution in [0.25, 0.3) is 0 Å². The van der Waals surface area contributed by atoms with Crippen LogP contribution in [0.4, 0.5) is 16.4 Å². The Morgan fingerprint density at radius 2 is 1.86 bits per heavy atom. The minimum Gasteiger partial charge on any atom is -0.374 e. The summed E-state index contributed by atoms with van der Waals surface area (Å²) < 4.78 is 5.34. The third kappa shape index (κ3) is 7.31. The van der Waals surface area contributed by atoms with Crippen LogP contribution in [-0.2, 0) is 11.3 Å². The molecule has 1 aromatic heterocycles. The first-order valence-corrected chi connectivity index (χ1v) is 7.12. The van der Waals surface area contributed by atoms with Crippen LogP contribution < -0.4 is 21.7 Å².